The first-order valence-corrected chi connectivity index (χ1v) is 5.68. The molecule has 0 amide bonds. The summed E-state index contributed by atoms with van der Waals surface area (Å²) >= 11 is 0. The molecule has 0 saturated heterocycles. The van der Waals surface area contributed by atoms with Crippen LogP contribution in [-0.4, -0.2) is 20.3 Å². The van der Waals surface area contributed by atoms with E-state index in [4.69, 9.17) is 9.47 Å². The number of ether oxygens (including phenoxy) is 2. The molecule has 0 unspecified atom stereocenters. The number of rotatable bonds is 4. The fourth-order valence-corrected chi connectivity index (χ4v) is 2.34. The fraction of sp³-hybridized carbons (Fsp3) is 0.462. The predicted octanol–water partition coefficient (Wildman–Crippen LogP) is 2.56. The first kappa shape index (κ1) is 12.6. The van der Waals surface area contributed by atoms with Crippen molar-refractivity contribution in [3.8, 4) is 11.5 Å². The van der Waals surface area contributed by atoms with Crippen molar-refractivity contribution < 1.29 is 18.7 Å². The molecule has 1 aliphatic carbocycles. The molecule has 0 N–H and O–H groups in total. The number of carbonyl (C=O) groups excluding carboxylic acids is 1. The summed E-state index contributed by atoms with van der Waals surface area (Å²) in [6, 6.07) is 2.90. The highest BCUT2D eigenvalue weighted by molar-refractivity contribution is 5.53. The molecule has 2 rings (SSSR count). The van der Waals surface area contributed by atoms with Crippen LogP contribution in [0.25, 0.3) is 0 Å². The number of nitrogens with zero attached hydrogens (tertiary/aromatic N) is 1. The molecule has 0 bridgehead atoms. The van der Waals surface area contributed by atoms with Gasteiger partial charge >= 0.3 is 0 Å². The Balaban J connectivity index is 2.60. The predicted molar refractivity (Wildman–Crippen MR) is 63.2 cm³/mol. The Morgan fingerprint density at radius 1 is 1.28 bits per heavy atom. The number of aliphatic imine (C=N–C) groups is 1. The minimum Gasteiger partial charge on any atom is -0.492 e. The summed E-state index contributed by atoms with van der Waals surface area (Å²) in [5, 5.41) is 0. The number of benzene rings is 1. The van der Waals surface area contributed by atoms with Crippen LogP contribution in [0.5, 0.6) is 11.5 Å². The van der Waals surface area contributed by atoms with Crippen LogP contribution < -0.4 is 9.47 Å². The van der Waals surface area contributed by atoms with Gasteiger partial charge in [-0.3, -0.25) is 0 Å². The second kappa shape index (κ2) is 4.78. The molecule has 18 heavy (non-hydrogen) atoms. The van der Waals surface area contributed by atoms with Crippen LogP contribution in [-0.2, 0) is 10.3 Å². The molecular formula is C13H14FNO3. The van der Waals surface area contributed by atoms with Crippen LogP contribution >= 0.6 is 0 Å². The monoisotopic (exact) mass is 251 g/mol. The van der Waals surface area contributed by atoms with E-state index in [9.17, 15) is 9.18 Å². The van der Waals surface area contributed by atoms with Crippen LogP contribution in [0.3, 0.4) is 0 Å². The molecule has 96 valence electrons. The summed E-state index contributed by atoms with van der Waals surface area (Å²) in [6.45, 7) is 0. The summed E-state index contributed by atoms with van der Waals surface area (Å²) in [5.41, 5.74) is 0.0477. The molecule has 0 aromatic heterocycles. The third kappa shape index (κ3) is 1.77. The lowest BCUT2D eigenvalue weighted by atomic mass is 9.72. The molecule has 1 aromatic carbocycles. The number of methoxy groups -OCH3 is 2. The van der Waals surface area contributed by atoms with Gasteiger partial charge in [0.2, 0.25) is 6.08 Å². The van der Waals surface area contributed by atoms with Crippen LogP contribution in [0.15, 0.2) is 17.1 Å². The molecule has 1 aliphatic rings. The SMILES string of the molecule is COc1c(F)ccc(C2(N=C=O)CCC2)c1OC. The number of hydrogen-bond donors (Lipinski definition) is 0. The van der Waals surface area contributed by atoms with Gasteiger partial charge in [-0.25, -0.2) is 9.18 Å². The van der Waals surface area contributed by atoms with Crippen molar-refractivity contribution in [1.82, 2.24) is 0 Å². The van der Waals surface area contributed by atoms with Gasteiger partial charge in [0.1, 0.15) is 5.54 Å². The average Bonchev–Trinajstić information content (AvgIpc) is 2.33. The van der Waals surface area contributed by atoms with Gasteiger partial charge in [0, 0.05) is 5.56 Å². The Hall–Kier alpha value is -1.87. The number of hydrogen-bond acceptors (Lipinski definition) is 4. The zero-order chi connectivity index (χ0) is 13.2. The minimum absolute atomic E-state index is 0.0439. The van der Waals surface area contributed by atoms with Crippen molar-refractivity contribution in [3.63, 3.8) is 0 Å². The molecule has 4 nitrogen and oxygen atoms in total. The Morgan fingerprint density at radius 3 is 2.39 bits per heavy atom. The van der Waals surface area contributed by atoms with Gasteiger partial charge in [-0.15, -0.1) is 0 Å². The van der Waals surface area contributed by atoms with Gasteiger partial charge in [-0.1, -0.05) is 0 Å². The van der Waals surface area contributed by atoms with Crippen molar-refractivity contribution in [3.05, 3.63) is 23.5 Å². The third-order valence-electron chi connectivity index (χ3n) is 3.41. The molecular weight excluding hydrogens is 237 g/mol. The Kier molecular flexibility index (Phi) is 3.34. The first-order valence-electron chi connectivity index (χ1n) is 5.68. The van der Waals surface area contributed by atoms with Crippen molar-refractivity contribution in [2.45, 2.75) is 24.8 Å². The van der Waals surface area contributed by atoms with E-state index in [1.54, 1.807) is 12.1 Å². The van der Waals surface area contributed by atoms with E-state index in [0.29, 0.717) is 11.3 Å². The van der Waals surface area contributed by atoms with Crippen LogP contribution in [0, 0.1) is 5.82 Å². The van der Waals surface area contributed by atoms with Gasteiger partial charge in [0.25, 0.3) is 0 Å². The highest BCUT2D eigenvalue weighted by atomic mass is 19.1. The van der Waals surface area contributed by atoms with Gasteiger partial charge < -0.3 is 9.47 Å². The fourth-order valence-electron chi connectivity index (χ4n) is 2.34. The second-order valence-electron chi connectivity index (χ2n) is 4.25. The highest BCUT2D eigenvalue weighted by Crippen LogP contribution is 2.50. The Labute approximate surface area is 104 Å². The maximum atomic E-state index is 13.6. The molecule has 1 fully saturated rings. The largest absolute Gasteiger partial charge is 0.492 e. The molecule has 1 aromatic rings. The number of halogens is 1. The number of isocyanates is 1. The Morgan fingerprint density at radius 2 is 1.94 bits per heavy atom. The Bertz CT molecular complexity index is 505. The summed E-state index contributed by atoms with van der Waals surface area (Å²) < 4.78 is 23.8. The summed E-state index contributed by atoms with van der Waals surface area (Å²) in [7, 11) is 2.82. The molecule has 0 aliphatic heterocycles. The van der Waals surface area contributed by atoms with Gasteiger partial charge in [0.05, 0.1) is 14.2 Å². The average molecular weight is 251 g/mol. The summed E-state index contributed by atoms with van der Waals surface area (Å²) in [5.74, 6) is -0.152. The molecule has 0 atom stereocenters. The van der Waals surface area contributed by atoms with Gasteiger partial charge in [-0.2, -0.15) is 4.99 Å². The van der Waals surface area contributed by atoms with Crippen molar-refractivity contribution in [2.24, 2.45) is 4.99 Å². The quantitative estimate of drug-likeness (QED) is 0.610. The van der Waals surface area contributed by atoms with E-state index in [2.05, 4.69) is 4.99 Å². The minimum atomic E-state index is -0.631. The van der Waals surface area contributed by atoms with E-state index < -0.39 is 11.4 Å². The van der Waals surface area contributed by atoms with Crippen molar-refractivity contribution in [1.29, 1.82) is 0 Å². The molecule has 1 saturated carbocycles. The maximum Gasteiger partial charge on any atom is 0.235 e. The second-order valence-corrected chi connectivity index (χ2v) is 4.25. The summed E-state index contributed by atoms with van der Waals surface area (Å²) in [4.78, 5) is 14.5. The standard InChI is InChI=1S/C13H14FNO3/c1-17-11-9(4-5-10(14)12(11)18-2)13(15-8-16)6-3-7-13/h4-5H,3,6-7H2,1-2H3. The smallest absolute Gasteiger partial charge is 0.235 e. The molecule has 5 heteroatoms. The molecule has 0 spiro atoms. The van der Waals surface area contributed by atoms with E-state index in [0.717, 1.165) is 19.3 Å². The van der Waals surface area contributed by atoms with E-state index in [-0.39, 0.29) is 5.75 Å². The topological polar surface area (TPSA) is 47.9 Å². The van der Waals surface area contributed by atoms with E-state index >= 15 is 0 Å². The zero-order valence-corrected chi connectivity index (χ0v) is 10.3. The lowest BCUT2D eigenvalue weighted by Gasteiger charge is -2.38. The maximum absolute atomic E-state index is 13.6. The summed E-state index contributed by atoms with van der Waals surface area (Å²) in [6.07, 6.45) is 4.02. The molecule has 0 radical (unpaired) electrons. The van der Waals surface area contributed by atoms with E-state index in [1.807, 2.05) is 0 Å². The highest BCUT2D eigenvalue weighted by Gasteiger charge is 2.42. The van der Waals surface area contributed by atoms with Crippen LogP contribution in [0.4, 0.5) is 4.39 Å². The zero-order valence-electron chi connectivity index (χ0n) is 10.3. The lowest BCUT2D eigenvalue weighted by molar-refractivity contribution is 0.241. The van der Waals surface area contributed by atoms with Gasteiger partial charge in [0.15, 0.2) is 17.3 Å². The first-order chi connectivity index (χ1) is 8.68. The van der Waals surface area contributed by atoms with Crippen molar-refractivity contribution >= 4 is 6.08 Å². The van der Waals surface area contributed by atoms with Gasteiger partial charge in [-0.05, 0) is 31.4 Å². The molecule has 0 heterocycles. The lowest BCUT2D eigenvalue weighted by Crippen LogP contribution is -2.32. The van der Waals surface area contributed by atoms with Crippen molar-refractivity contribution in [2.75, 3.05) is 14.2 Å². The van der Waals surface area contributed by atoms with Crippen LogP contribution in [0.1, 0.15) is 24.8 Å². The normalized spacial score (nSPS) is 16.4. The van der Waals surface area contributed by atoms with E-state index in [1.165, 1.54) is 20.3 Å². The van der Waals surface area contributed by atoms with Crippen LogP contribution in [0.2, 0.25) is 0 Å². The third-order valence-corrected chi connectivity index (χ3v) is 3.41.